The second kappa shape index (κ2) is 7.54. The number of nitrogens with zero attached hydrogens (tertiary/aromatic N) is 3. The van der Waals surface area contributed by atoms with Gasteiger partial charge in [-0.25, -0.2) is 9.67 Å². The van der Waals surface area contributed by atoms with Crippen LogP contribution < -0.4 is 5.32 Å². The van der Waals surface area contributed by atoms with Gasteiger partial charge in [0.1, 0.15) is 5.15 Å². The van der Waals surface area contributed by atoms with Crippen LogP contribution >= 0.6 is 34.5 Å². The Kier molecular flexibility index (Phi) is 5.10. The molecule has 0 saturated carbocycles. The third-order valence-electron chi connectivity index (χ3n) is 4.33. The van der Waals surface area contributed by atoms with Crippen LogP contribution in [0.25, 0.3) is 10.2 Å². The number of aryl methyl sites for hydroxylation is 2. The summed E-state index contributed by atoms with van der Waals surface area (Å²) < 4.78 is 2.60. The number of fused-ring (bicyclic) bond motifs is 1. The summed E-state index contributed by atoms with van der Waals surface area (Å²) in [6.07, 6.45) is 0. The Balaban J connectivity index is 1.60. The first kappa shape index (κ1) is 18.9. The number of nitrogens with one attached hydrogen (secondary N) is 1. The van der Waals surface area contributed by atoms with Crippen molar-refractivity contribution in [3.05, 3.63) is 75.0 Å². The van der Waals surface area contributed by atoms with E-state index in [0.29, 0.717) is 28.0 Å². The summed E-state index contributed by atoms with van der Waals surface area (Å²) in [6, 6.07) is 13.4. The van der Waals surface area contributed by atoms with Gasteiger partial charge < -0.3 is 0 Å². The average molecular weight is 431 g/mol. The van der Waals surface area contributed by atoms with Crippen LogP contribution in [0.15, 0.2) is 42.5 Å². The molecule has 5 nitrogen and oxygen atoms in total. The molecule has 28 heavy (non-hydrogen) atoms. The minimum atomic E-state index is -0.330. The normalized spacial score (nSPS) is 11.1. The number of thiazole rings is 1. The Hall–Kier alpha value is -2.41. The van der Waals surface area contributed by atoms with Crippen LogP contribution in [-0.2, 0) is 6.54 Å². The average Bonchev–Trinajstić information content (AvgIpc) is 3.16. The lowest BCUT2D eigenvalue weighted by molar-refractivity contribution is 0.102. The van der Waals surface area contributed by atoms with Crippen molar-refractivity contribution in [2.75, 3.05) is 5.32 Å². The fourth-order valence-electron chi connectivity index (χ4n) is 2.95. The molecule has 0 aliphatic heterocycles. The molecule has 1 amide bonds. The zero-order valence-electron chi connectivity index (χ0n) is 15.2. The van der Waals surface area contributed by atoms with Crippen LogP contribution in [0.4, 0.5) is 5.13 Å². The van der Waals surface area contributed by atoms with Crippen molar-refractivity contribution >= 4 is 55.8 Å². The molecule has 0 atom stereocenters. The van der Waals surface area contributed by atoms with Crippen LogP contribution in [0, 0.1) is 13.8 Å². The van der Waals surface area contributed by atoms with Crippen LogP contribution in [0.5, 0.6) is 0 Å². The lowest BCUT2D eigenvalue weighted by Crippen LogP contribution is -2.13. The maximum Gasteiger partial charge on any atom is 0.262 e. The summed E-state index contributed by atoms with van der Waals surface area (Å²) in [5.41, 5.74) is 3.76. The maximum absolute atomic E-state index is 12.8. The second-order valence-corrected chi connectivity index (χ2v) is 8.24. The monoisotopic (exact) mass is 430 g/mol. The Morgan fingerprint density at radius 2 is 1.96 bits per heavy atom. The molecular weight excluding hydrogens is 415 g/mol. The third-order valence-corrected chi connectivity index (χ3v) is 6.02. The van der Waals surface area contributed by atoms with Gasteiger partial charge >= 0.3 is 0 Å². The topological polar surface area (TPSA) is 59.8 Å². The summed E-state index contributed by atoms with van der Waals surface area (Å²) in [4.78, 5) is 17.3. The van der Waals surface area contributed by atoms with Gasteiger partial charge in [-0.3, -0.25) is 10.1 Å². The highest BCUT2D eigenvalue weighted by Gasteiger charge is 2.22. The maximum atomic E-state index is 12.8. The van der Waals surface area contributed by atoms with E-state index in [-0.39, 0.29) is 11.1 Å². The SMILES string of the molecule is Cc1ccc2nc(NC(=O)c3c(C)nn(Cc4ccccc4Cl)c3Cl)sc2c1. The fraction of sp³-hybridized carbons (Fsp3) is 0.150. The number of hydrogen-bond donors (Lipinski definition) is 1. The smallest absolute Gasteiger partial charge is 0.262 e. The molecule has 0 aliphatic rings. The molecule has 0 unspecified atom stereocenters. The van der Waals surface area contributed by atoms with Crippen LogP contribution in [0.1, 0.15) is 27.2 Å². The number of halogens is 2. The summed E-state index contributed by atoms with van der Waals surface area (Å²) in [5, 5.41) is 8.68. The molecule has 0 radical (unpaired) electrons. The van der Waals surface area contributed by atoms with E-state index in [1.807, 2.05) is 49.4 Å². The summed E-state index contributed by atoms with van der Waals surface area (Å²) >= 11 is 14.1. The standard InChI is InChI=1S/C20H16Cl2N4OS/c1-11-7-8-15-16(9-11)28-20(23-15)24-19(27)17-12(2)25-26(18(17)22)10-13-5-3-4-6-14(13)21/h3-9H,10H2,1-2H3,(H,23,24,27). The van der Waals surface area contributed by atoms with Crippen molar-refractivity contribution in [2.24, 2.45) is 0 Å². The van der Waals surface area contributed by atoms with Crippen LogP contribution in [-0.4, -0.2) is 20.7 Å². The Bertz CT molecular complexity index is 1200. The van der Waals surface area contributed by atoms with E-state index in [1.54, 1.807) is 11.6 Å². The quantitative estimate of drug-likeness (QED) is 0.450. The molecule has 4 rings (SSSR count). The zero-order chi connectivity index (χ0) is 19.8. The number of amides is 1. The predicted molar refractivity (Wildman–Crippen MR) is 115 cm³/mol. The Morgan fingerprint density at radius 3 is 2.75 bits per heavy atom. The van der Waals surface area contributed by atoms with Gasteiger partial charge in [-0.2, -0.15) is 5.10 Å². The Morgan fingerprint density at radius 1 is 1.18 bits per heavy atom. The van der Waals surface area contributed by atoms with Gasteiger partial charge in [-0.1, -0.05) is 58.8 Å². The number of anilines is 1. The van der Waals surface area contributed by atoms with Gasteiger partial charge in [0.25, 0.3) is 5.91 Å². The minimum absolute atomic E-state index is 0.270. The minimum Gasteiger partial charge on any atom is -0.298 e. The number of carbonyl (C=O) groups is 1. The number of hydrogen-bond acceptors (Lipinski definition) is 4. The van der Waals surface area contributed by atoms with Crippen molar-refractivity contribution < 1.29 is 4.79 Å². The Labute approximate surface area is 175 Å². The van der Waals surface area contributed by atoms with E-state index in [9.17, 15) is 4.79 Å². The zero-order valence-corrected chi connectivity index (χ0v) is 17.5. The van der Waals surface area contributed by atoms with Crippen LogP contribution in [0.2, 0.25) is 10.2 Å². The first-order valence-electron chi connectivity index (χ1n) is 8.57. The van der Waals surface area contributed by atoms with E-state index < -0.39 is 0 Å². The largest absolute Gasteiger partial charge is 0.298 e. The first-order chi connectivity index (χ1) is 13.4. The van der Waals surface area contributed by atoms with Gasteiger partial charge in [0.15, 0.2) is 5.13 Å². The molecule has 0 spiro atoms. The van der Waals surface area contributed by atoms with Crippen LogP contribution in [0.3, 0.4) is 0 Å². The number of benzene rings is 2. The lowest BCUT2D eigenvalue weighted by atomic mass is 10.2. The molecular formula is C20H16Cl2N4OS. The molecule has 142 valence electrons. The molecule has 0 bridgehead atoms. The highest BCUT2D eigenvalue weighted by Crippen LogP contribution is 2.29. The molecule has 1 N–H and O–H groups in total. The lowest BCUT2D eigenvalue weighted by Gasteiger charge is -2.06. The fourth-order valence-corrected chi connectivity index (χ4v) is 4.42. The molecule has 2 heterocycles. The summed E-state index contributed by atoms with van der Waals surface area (Å²) in [6.45, 7) is 4.16. The van der Waals surface area contributed by atoms with E-state index in [0.717, 1.165) is 21.3 Å². The van der Waals surface area contributed by atoms with Gasteiger partial charge in [0.05, 0.1) is 28.0 Å². The highest BCUT2D eigenvalue weighted by molar-refractivity contribution is 7.22. The number of rotatable bonds is 4. The predicted octanol–water partition coefficient (Wildman–Crippen LogP) is 5.72. The van der Waals surface area contributed by atoms with Crippen molar-refractivity contribution in [3.63, 3.8) is 0 Å². The van der Waals surface area contributed by atoms with Gasteiger partial charge in [0, 0.05) is 5.02 Å². The van der Waals surface area contributed by atoms with Crippen molar-refractivity contribution in [2.45, 2.75) is 20.4 Å². The van der Waals surface area contributed by atoms with Crippen molar-refractivity contribution in [3.8, 4) is 0 Å². The summed E-state index contributed by atoms with van der Waals surface area (Å²) in [7, 11) is 0. The molecule has 0 fully saturated rings. The molecule has 4 aromatic rings. The van der Waals surface area contributed by atoms with E-state index >= 15 is 0 Å². The first-order valence-corrected chi connectivity index (χ1v) is 10.1. The molecule has 8 heteroatoms. The molecule has 0 aliphatic carbocycles. The van der Waals surface area contributed by atoms with E-state index in [2.05, 4.69) is 15.4 Å². The summed E-state index contributed by atoms with van der Waals surface area (Å²) in [5.74, 6) is -0.330. The highest BCUT2D eigenvalue weighted by atomic mass is 35.5. The number of carbonyl (C=O) groups excluding carboxylic acids is 1. The van der Waals surface area contributed by atoms with Gasteiger partial charge in [0.2, 0.25) is 0 Å². The molecule has 2 aromatic carbocycles. The van der Waals surface area contributed by atoms with Crippen molar-refractivity contribution in [1.82, 2.24) is 14.8 Å². The van der Waals surface area contributed by atoms with Gasteiger partial charge in [-0.05, 0) is 43.2 Å². The third kappa shape index (κ3) is 3.63. The van der Waals surface area contributed by atoms with E-state index in [1.165, 1.54) is 11.3 Å². The van der Waals surface area contributed by atoms with Gasteiger partial charge in [-0.15, -0.1) is 0 Å². The second-order valence-electron chi connectivity index (χ2n) is 6.44. The molecule has 2 aromatic heterocycles. The number of aromatic nitrogens is 3. The van der Waals surface area contributed by atoms with Crippen molar-refractivity contribution in [1.29, 1.82) is 0 Å². The van der Waals surface area contributed by atoms with E-state index in [4.69, 9.17) is 23.2 Å². The molecule has 0 saturated heterocycles.